The number of piperidine rings is 2. The van der Waals surface area contributed by atoms with Crippen molar-refractivity contribution in [3.8, 4) is 0 Å². The number of likely N-dealkylation sites (tertiary alicyclic amines) is 3. The molecule has 0 amide bonds. The van der Waals surface area contributed by atoms with Gasteiger partial charge in [-0.05, 0) is 135 Å². The van der Waals surface area contributed by atoms with E-state index in [0.29, 0.717) is 5.41 Å². The van der Waals surface area contributed by atoms with E-state index in [-0.39, 0.29) is 0 Å². The van der Waals surface area contributed by atoms with Crippen LogP contribution in [0.25, 0.3) is 0 Å². The number of hydrogen-bond donors (Lipinski definition) is 0. The van der Waals surface area contributed by atoms with E-state index in [1.165, 1.54) is 90.6 Å². The van der Waals surface area contributed by atoms with E-state index < -0.39 is 0 Å². The van der Waals surface area contributed by atoms with Gasteiger partial charge in [-0.15, -0.1) is 0 Å². The fourth-order valence-electron chi connectivity index (χ4n) is 7.26. The minimum absolute atomic E-state index is 0.677. The maximum atomic E-state index is 2.81. The van der Waals surface area contributed by atoms with Crippen LogP contribution in [-0.2, 0) is 0 Å². The van der Waals surface area contributed by atoms with E-state index >= 15 is 0 Å². The molecule has 3 aliphatic heterocycles. The van der Waals surface area contributed by atoms with Gasteiger partial charge in [0, 0.05) is 31.2 Å². The molecule has 3 heterocycles. The lowest BCUT2D eigenvalue weighted by molar-refractivity contribution is -0.0742. The summed E-state index contributed by atoms with van der Waals surface area (Å²) in [7, 11) is 0. The van der Waals surface area contributed by atoms with E-state index in [1.807, 2.05) is 0 Å². The summed E-state index contributed by atoms with van der Waals surface area (Å²) in [6.45, 7) is 22.6. The zero-order valence-corrected chi connectivity index (χ0v) is 21.1. The van der Waals surface area contributed by atoms with Gasteiger partial charge in [0.25, 0.3) is 0 Å². The van der Waals surface area contributed by atoms with Crippen molar-refractivity contribution in [2.75, 3.05) is 39.3 Å². The zero-order chi connectivity index (χ0) is 21.5. The summed E-state index contributed by atoms with van der Waals surface area (Å²) in [5.41, 5.74) is 1.42. The van der Waals surface area contributed by atoms with Gasteiger partial charge in [0.2, 0.25) is 0 Å². The summed E-state index contributed by atoms with van der Waals surface area (Å²) in [6, 6.07) is 2.26. The maximum absolute atomic E-state index is 2.81. The van der Waals surface area contributed by atoms with Crippen molar-refractivity contribution in [2.24, 2.45) is 22.7 Å². The topological polar surface area (TPSA) is 9.72 Å². The van der Waals surface area contributed by atoms with Crippen molar-refractivity contribution in [3.05, 3.63) is 0 Å². The number of nitrogens with zero attached hydrogens (tertiary/aromatic N) is 3. The second kappa shape index (κ2) is 9.02. The smallest absolute Gasteiger partial charge is 0.00675 e. The molecule has 2 unspecified atom stereocenters. The van der Waals surface area contributed by atoms with Crippen LogP contribution in [0.2, 0.25) is 0 Å². The predicted molar refractivity (Wildman–Crippen MR) is 129 cm³/mol. The highest BCUT2D eigenvalue weighted by atomic mass is 15.3. The van der Waals surface area contributed by atoms with E-state index in [2.05, 4.69) is 56.2 Å². The van der Waals surface area contributed by atoms with E-state index in [9.17, 15) is 0 Å². The molecule has 174 valence electrons. The fraction of sp³-hybridized carbons (Fsp3) is 1.00. The molecule has 0 aromatic carbocycles. The fourth-order valence-corrected chi connectivity index (χ4v) is 7.26. The third kappa shape index (κ3) is 4.79. The third-order valence-electron chi connectivity index (χ3n) is 10.1. The molecule has 30 heavy (non-hydrogen) atoms. The van der Waals surface area contributed by atoms with Gasteiger partial charge in [-0.3, -0.25) is 4.90 Å². The molecule has 3 saturated heterocycles. The molecule has 4 fully saturated rings. The highest BCUT2D eigenvalue weighted by molar-refractivity contribution is 5.01. The quantitative estimate of drug-likeness (QED) is 0.542. The Morgan fingerprint density at radius 1 is 0.633 bits per heavy atom. The largest absolute Gasteiger partial charge is 0.301 e. The Labute approximate surface area is 187 Å². The Kier molecular flexibility index (Phi) is 6.93. The van der Waals surface area contributed by atoms with E-state index in [0.717, 1.165) is 35.4 Å². The first kappa shape index (κ1) is 23.1. The monoisotopic (exact) mass is 417 g/mol. The second-order valence-electron chi connectivity index (χ2n) is 12.7. The van der Waals surface area contributed by atoms with Crippen LogP contribution in [-0.4, -0.2) is 72.1 Å². The van der Waals surface area contributed by atoms with Crippen LogP contribution < -0.4 is 0 Å². The van der Waals surface area contributed by atoms with Gasteiger partial charge in [0.15, 0.2) is 0 Å². The van der Waals surface area contributed by atoms with Crippen LogP contribution in [0.15, 0.2) is 0 Å². The van der Waals surface area contributed by atoms with Crippen LogP contribution in [0, 0.1) is 22.7 Å². The molecule has 3 heteroatoms. The molecular weight excluding hydrogens is 366 g/mol. The molecular formula is C27H51N3. The van der Waals surface area contributed by atoms with Gasteiger partial charge in [-0.2, -0.15) is 0 Å². The normalized spacial score (nSPS) is 30.0. The summed E-state index contributed by atoms with van der Waals surface area (Å²) < 4.78 is 0. The SMILES string of the molecule is CC(CCC(C)N1CC2(CCN(C(C)C)CC2)C1)C1CC2(CCN(C(C)C)CC2)C1. The lowest BCUT2D eigenvalue weighted by atomic mass is 9.54. The van der Waals surface area contributed by atoms with Gasteiger partial charge in [-0.1, -0.05) is 6.92 Å². The number of rotatable bonds is 7. The summed E-state index contributed by atoms with van der Waals surface area (Å²) >= 11 is 0. The van der Waals surface area contributed by atoms with Crippen molar-refractivity contribution < 1.29 is 0 Å². The zero-order valence-electron chi connectivity index (χ0n) is 21.1. The molecule has 0 bridgehead atoms. The summed E-state index contributed by atoms with van der Waals surface area (Å²) in [5.74, 6) is 1.96. The van der Waals surface area contributed by atoms with Gasteiger partial charge >= 0.3 is 0 Å². The van der Waals surface area contributed by atoms with Crippen LogP contribution in [0.4, 0.5) is 0 Å². The molecule has 0 N–H and O–H groups in total. The van der Waals surface area contributed by atoms with Crippen molar-refractivity contribution >= 4 is 0 Å². The van der Waals surface area contributed by atoms with Gasteiger partial charge in [0.1, 0.15) is 0 Å². The molecule has 1 saturated carbocycles. The second-order valence-corrected chi connectivity index (χ2v) is 12.7. The van der Waals surface area contributed by atoms with Crippen molar-refractivity contribution in [2.45, 2.75) is 111 Å². The molecule has 0 radical (unpaired) electrons. The third-order valence-corrected chi connectivity index (χ3v) is 10.1. The van der Waals surface area contributed by atoms with Gasteiger partial charge in [0.05, 0.1) is 0 Å². The average molecular weight is 418 g/mol. The summed E-state index contributed by atoms with van der Waals surface area (Å²) in [4.78, 5) is 8.18. The van der Waals surface area contributed by atoms with Crippen molar-refractivity contribution in [3.63, 3.8) is 0 Å². The van der Waals surface area contributed by atoms with Gasteiger partial charge in [-0.25, -0.2) is 0 Å². The Hall–Kier alpha value is -0.120. The van der Waals surface area contributed by atoms with E-state index in [1.54, 1.807) is 0 Å². The minimum atomic E-state index is 0.677. The maximum Gasteiger partial charge on any atom is 0.00675 e. The Bertz CT molecular complexity index is 488. The van der Waals surface area contributed by atoms with E-state index in [4.69, 9.17) is 0 Å². The van der Waals surface area contributed by atoms with Crippen LogP contribution in [0.1, 0.15) is 92.9 Å². The number of hydrogen-bond acceptors (Lipinski definition) is 3. The molecule has 2 atom stereocenters. The molecule has 4 rings (SSSR count). The Morgan fingerprint density at radius 2 is 1.10 bits per heavy atom. The predicted octanol–water partition coefficient (Wildman–Crippen LogP) is 5.50. The van der Waals surface area contributed by atoms with Crippen molar-refractivity contribution in [1.29, 1.82) is 0 Å². The van der Waals surface area contributed by atoms with Crippen LogP contribution in [0.3, 0.4) is 0 Å². The summed E-state index contributed by atoms with van der Waals surface area (Å²) in [5, 5.41) is 0. The molecule has 0 aromatic heterocycles. The lowest BCUT2D eigenvalue weighted by Crippen LogP contribution is -2.62. The highest BCUT2D eigenvalue weighted by Gasteiger charge is 2.48. The lowest BCUT2D eigenvalue weighted by Gasteiger charge is -2.57. The average Bonchev–Trinajstić information content (AvgIpc) is 2.68. The van der Waals surface area contributed by atoms with Gasteiger partial charge < -0.3 is 9.80 Å². The first-order valence-electron chi connectivity index (χ1n) is 13.4. The standard InChI is InChI=1S/C27H51N3/c1-21(2)28-13-9-26(10-14-28)17-25(18-26)23(5)7-8-24(6)30-19-27(20-30)11-15-29(16-12-27)22(3)4/h21-25H,7-20H2,1-6H3. The molecule has 2 spiro atoms. The molecule has 4 aliphatic rings. The van der Waals surface area contributed by atoms with Crippen molar-refractivity contribution in [1.82, 2.24) is 14.7 Å². The Balaban J connectivity index is 1.12. The first-order valence-corrected chi connectivity index (χ1v) is 13.4. The minimum Gasteiger partial charge on any atom is -0.301 e. The van der Waals surface area contributed by atoms with Crippen LogP contribution >= 0.6 is 0 Å². The molecule has 1 aliphatic carbocycles. The molecule has 3 nitrogen and oxygen atoms in total. The Morgan fingerprint density at radius 3 is 1.57 bits per heavy atom. The first-order chi connectivity index (χ1) is 14.2. The highest BCUT2D eigenvalue weighted by Crippen LogP contribution is 2.55. The summed E-state index contributed by atoms with van der Waals surface area (Å²) in [6.07, 6.45) is 11.7. The molecule has 0 aromatic rings. The van der Waals surface area contributed by atoms with Crippen LogP contribution in [0.5, 0.6) is 0 Å².